The molecular formula is C15H21N3O. The van der Waals surface area contributed by atoms with E-state index in [1.165, 1.54) is 5.56 Å². The molecule has 2 heterocycles. The molecule has 0 aliphatic heterocycles. The van der Waals surface area contributed by atoms with E-state index in [4.69, 9.17) is 4.42 Å². The van der Waals surface area contributed by atoms with Crippen LogP contribution in [0.4, 0.5) is 0 Å². The van der Waals surface area contributed by atoms with E-state index in [2.05, 4.69) is 29.1 Å². The maximum atomic E-state index is 5.32. The monoisotopic (exact) mass is 259 g/mol. The van der Waals surface area contributed by atoms with E-state index < -0.39 is 0 Å². The van der Waals surface area contributed by atoms with Gasteiger partial charge in [0.05, 0.1) is 11.8 Å². The van der Waals surface area contributed by atoms with Crippen LogP contribution in [0.5, 0.6) is 0 Å². The molecule has 0 saturated heterocycles. The molecule has 2 rings (SSSR count). The van der Waals surface area contributed by atoms with Crippen LogP contribution in [0.3, 0.4) is 0 Å². The van der Waals surface area contributed by atoms with Gasteiger partial charge in [0.1, 0.15) is 5.76 Å². The molecule has 0 unspecified atom stereocenters. The number of rotatable bonds is 4. The molecule has 0 aliphatic carbocycles. The second-order valence-corrected chi connectivity index (χ2v) is 5.12. The zero-order chi connectivity index (χ0) is 14.0. The van der Waals surface area contributed by atoms with Crippen molar-refractivity contribution in [2.24, 2.45) is 0 Å². The molecule has 4 nitrogen and oxygen atoms in total. The third kappa shape index (κ3) is 3.01. The first-order valence-corrected chi connectivity index (χ1v) is 6.61. The lowest BCUT2D eigenvalue weighted by atomic mass is 10.1. The molecule has 2 aromatic rings. The van der Waals surface area contributed by atoms with Gasteiger partial charge in [-0.15, -0.1) is 0 Å². The van der Waals surface area contributed by atoms with Crippen molar-refractivity contribution in [3.63, 3.8) is 0 Å². The normalized spacial score (nSPS) is 11.3. The fourth-order valence-electron chi connectivity index (χ4n) is 2.04. The third-order valence-corrected chi connectivity index (χ3v) is 3.21. The summed E-state index contributed by atoms with van der Waals surface area (Å²) in [5.74, 6) is 1.60. The Balaban J connectivity index is 2.34. The zero-order valence-electron chi connectivity index (χ0n) is 12.2. The minimum Gasteiger partial charge on any atom is -0.469 e. The number of hydrogen-bond acceptors (Lipinski definition) is 4. The quantitative estimate of drug-likeness (QED) is 0.916. The average molecular weight is 259 g/mol. The molecule has 0 aliphatic rings. The number of nitrogens with one attached hydrogen (secondary N) is 1. The molecule has 0 amide bonds. The molecule has 0 atom stereocenters. The molecule has 0 radical (unpaired) electrons. The van der Waals surface area contributed by atoms with Gasteiger partial charge in [-0.1, -0.05) is 13.8 Å². The Kier molecular flexibility index (Phi) is 4.00. The Morgan fingerprint density at radius 3 is 2.26 bits per heavy atom. The van der Waals surface area contributed by atoms with Crippen LogP contribution < -0.4 is 5.32 Å². The van der Waals surface area contributed by atoms with Crippen LogP contribution in [0, 0.1) is 20.8 Å². The van der Waals surface area contributed by atoms with Gasteiger partial charge in [-0.25, -0.2) is 9.97 Å². The number of hydrogen-bond donors (Lipinski definition) is 1. The van der Waals surface area contributed by atoms with Crippen LogP contribution in [0.2, 0.25) is 0 Å². The topological polar surface area (TPSA) is 51.0 Å². The van der Waals surface area contributed by atoms with E-state index in [0.29, 0.717) is 6.04 Å². The molecule has 1 N–H and O–H groups in total. The maximum Gasteiger partial charge on any atom is 0.163 e. The smallest absolute Gasteiger partial charge is 0.163 e. The van der Waals surface area contributed by atoms with Gasteiger partial charge in [0.2, 0.25) is 0 Å². The Morgan fingerprint density at radius 1 is 1.16 bits per heavy atom. The van der Waals surface area contributed by atoms with Gasteiger partial charge < -0.3 is 9.73 Å². The summed E-state index contributed by atoms with van der Waals surface area (Å²) in [6.07, 6.45) is 1.67. The van der Waals surface area contributed by atoms with Crippen LogP contribution in [0.25, 0.3) is 11.4 Å². The molecule has 0 spiro atoms. The van der Waals surface area contributed by atoms with Crippen molar-refractivity contribution < 1.29 is 4.42 Å². The second-order valence-electron chi connectivity index (χ2n) is 5.12. The lowest BCUT2D eigenvalue weighted by Gasteiger charge is -2.13. The van der Waals surface area contributed by atoms with E-state index in [9.17, 15) is 0 Å². The van der Waals surface area contributed by atoms with E-state index >= 15 is 0 Å². The molecule has 102 valence electrons. The van der Waals surface area contributed by atoms with Gasteiger partial charge in [-0.3, -0.25) is 0 Å². The van der Waals surface area contributed by atoms with E-state index in [1.54, 1.807) is 6.26 Å². The van der Waals surface area contributed by atoms with Crippen LogP contribution in [-0.4, -0.2) is 16.0 Å². The zero-order valence-corrected chi connectivity index (χ0v) is 12.2. The lowest BCUT2D eigenvalue weighted by Crippen LogP contribution is -2.23. The fourth-order valence-corrected chi connectivity index (χ4v) is 2.04. The molecule has 19 heavy (non-hydrogen) atoms. The number of aromatic nitrogens is 2. The average Bonchev–Trinajstić information content (AvgIpc) is 2.73. The summed E-state index contributed by atoms with van der Waals surface area (Å²) in [7, 11) is 0. The predicted molar refractivity (Wildman–Crippen MR) is 75.9 cm³/mol. The van der Waals surface area contributed by atoms with Crippen molar-refractivity contribution >= 4 is 0 Å². The first kappa shape index (κ1) is 13.7. The molecule has 2 aromatic heterocycles. The van der Waals surface area contributed by atoms with Gasteiger partial charge in [-0.05, 0) is 26.8 Å². The second kappa shape index (κ2) is 5.53. The molecular weight excluding hydrogens is 238 g/mol. The molecule has 4 heteroatoms. The minimum atomic E-state index is 0.453. The van der Waals surface area contributed by atoms with Gasteiger partial charge in [0, 0.05) is 29.5 Å². The van der Waals surface area contributed by atoms with E-state index in [0.717, 1.165) is 35.1 Å². The van der Waals surface area contributed by atoms with Crippen molar-refractivity contribution in [2.75, 3.05) is 0 Å². The third-order valence-electron chi connectivity index (χ3n) is 3.21. The van der Waals surface area contributed by atoms with Crippen LogP contribution >= 0.6 is 0 Å². The summed E-state index contributed by atoms with van der Waals surface area (Å²) in [6, 6.07) is 2.37. The fraction of sp³-hybridized carbons (Fsp3) is 0.467. The van der Waals surface area contributed by atoms with Crippen molar-refractivity contribution in [3.8, 4) is 11.4 Å². The summed E-state index contributed by atoms with van der Waals surface area (Å²) >= 11 is 0. The molecule has 0 bridgehead atoms. The van der Waals surface area contributed by atoms with Crippen molar-refractivity contribution in [1.29, 1.82) is 0 Å². The van der Waals surface area contributed by atoms with Crippen molar-refractivity contribution in [1.82, 2.24) is 15.3 Å². The molecule has 0 fully saturated rings. The number of aryl methyl sites for hydroxylation is 3. The highest BCUT2D eigenvalue weighted by atomic mass is 16.3. The summed E-state index contributed by atoms with van der Waals surface area (Å²) < 4.78 is 5.32. The highest BCUT2D eigenvalue weighted by molar-refractivity contribution is 5.57. The van der Waals surface area contributed by atoms with Gasteiger partial charge >= 0.3 is 0 Å². The largest absolute Gasteiger partial charge is 0.469 e. The highest BCUT2D eigenvalue weighted by Crippen LogP contribution is 2.22. The van der Waals surface area contributed by atoms with E-state index in [1.807, 2.05) is 26.8 Å². The Morgan fingerprint density at radius 2 is 1.79 bits per heavy atom. The van der Waals surface area contributed by atoms with Crippen LogP contribution in [0.15, 0.2) is 16.7 Å². The molecule has 0 aromatic carbocycles. The van der Waals surface area contributed by atoms with Crippen molar-refractivity contribution in [2.45, 2.75) is 47.2 Å². The summed E-state index contributed by atoms with van der Waals surface area (Å²) in [5.41, 5.74) is 4.20. The first-order chi connectivity index (χ1) is 8.99. The standard InChI is InChI=1S/C15H21N3O/c1-9(2)16-8-14-10(3)17-15(18-11(14)4)13-6-7-19-12(13)5/h6-7,9,16H,8H2,1-5H3. The van der Waals surface area contributed by atoms with Gasteiger partial charge in [0.25, 0.3) is 0 Å². The van der Waals surface area contributed by atoms with Crippen LogP contribution in [0.1, 0.15) is 36.6 Å². The maximum absolute atomic E-state index is 5.32. The van der Waals surface area contributed by atoms with Crippen LogP contribution in [-0.2, 0) is 6.54 Å². The van der Waals surface area contributed by atoms with Crippen molar-refractivity contribution in [3.05, 3.63) is 35.0 Å². The summed E-state index contributed by atoms with van der Waals surface area (Å²) in [4.78, 5) is 9.21. The number of nitrogens with zero attached hydrogens (tertiary/aromatic N) is 2. The van der Waals surface area contributed by atoms with E-state index in [-0.39, 0.29) is 0 Å². The Labute approximate surface area is 114 Å². The Bertz CT molecular complexity index is 550. The number of furan rings is 1. The minimum absolute atomic E-state index is 0.453. The first-order valence-electron chi connectivity index (χ1n) is 6.61. The Hall–Kier alpha value is -1.68. The molecule has 0 saturated carbocycles. The van der Waals surface area contributed by atoms with Gasteiger partial charge in [0.15, 0.2) is 5.82 Å². The predicted octanol–water partition coefficient (Wildman–Crippen LogP) is 3.16. The highest BCUT2D eigenvalue weighted by Gasteiger charge is 2.13. The van der Waals surface area contributed by atoms with Gasteiger partial charge in [-0.2, -0.15) is 0 Å². The summed E-state index contributed by atoms with van der Waals surface area (Å²) in [6.45, 7) is 11.1. The lowest BCUT2D eigenvalue weighted by molar-refractivity contribution is 0.535. The SMILES string of the molecule is Cc1nc(-c2ccoc2C)nc(C)c1CNC(C)C. The summed E-state index contributed by atoms with van der Waals surface area (Å²) in [5, 5.41) is 3.41.